The summed E-state index contributed by atoms with van der Waals surface area (Å²) in [6.07, 6.45) is 0. The van der Waals surface area contributed by atoms with Gasteiger partial charge in [0, 0.05) is 17.1 Å². The summed E-state index contributed by atoms with van der Waals surface area (Å²) in [7, 11) is -3.06. The second-order valence-electron chi connectivity index (χ2n) is 7.16. The Labute approximate surface area is 196 Å². The number of hydrogen-bond donors (Lipinski definition) is 2. The Balaban J connectivity index is 1.60. The van der Waals surface area contributed by atoms with Crippen LogP contribution in [0.1, 0.15) is 10.4 Å². The molecule has 2 amide bonds. The Hall–Kier alpha value is -4.37. The van der Waals surface area contributed by atoms with E-state index in [1.54, 1.807) is 24.3 Å². The number of rotatable bonds is 6. The van der Waals surface area contributed by atoms with Crippen molar-refractivity contribution in [2.45, 2.75) is 4.90 Å². The summed E-state index contributed by atoms with van der Waals surface area (Å²) in [5, 5.41) is 7.23. The molecule has 4 aromatic rings. The first-order valence-electron chi connectivity index (χ1n) is 10.1. The third-order valence-electron chi connectivity index (χ3n) is 4.91. The SMILES string of the molecule is COC(=O)c1ccc(NC(=O)Nc2cccc3ccccc23)cc1OS(=O)(=O)c1ccccc1. The molecule has 172 valence electrons. The Bertz CT molecular complexity index is 1460. The van der Waals surface area contributed by atoms with Crippen LogP contribution in [0.4, 0.5) is 16.2 Å². The van der Waals surface area contributed by atoms with E-state index in [2.05, 4.69) is 10.6 Å². The molecule has 8 nitrogen and oxygen atoms in total. The minimum Gasteiger partial charge on any atom is -0.465 e. The highest BCUT2D eigenvalue weighted by molar-refractivity contribution is 7.87. The number of ether oxygens (including phenoxy) is 1. The van der Waals surface area contributed by atoms with Crippen molar-refractivity contribution in [2.75, 3.05) is 17.7 Å². The summed E-state index contributed by atoms with van der Waals surface area (Å²) in [5.41, 5.74) is 0.704. The first-order valence-corrected chi connectivity index (χ1v) is 11.6. The highest BCUT2D eigenvalue weighted by Gasteiger charge is 2.22. The van der Waals surface area contributed by atoms with E-state index >= 15 is 0 Å². The molecule has 0 bridgehead atoms. The number of nitrogens with one attached hydrogen (secondary N) is 2. The van der Waals surface area contributed by atoms with Crippen molar-refractivity contribution in [3.05, 3.63) is 96.6 Å². The molecule has 9 heteroatoms. The third kappa shape index (κ3) is 5.00. The van der Waals surface area contributed by atoms with E-state index in [-0.39, 0.29) is 21.9 Å². The lowest BCUT2D eigenvalue weighted by Crippen LogP contribution is -2.20. The van der Waals surface area contributed by atoms with Gasteiger partial charge >= 0.3 is 22.1 Å². The first-order chi connectivity index (χ1) is 16.4. The number of hydrogen-bond acceptors (Lipinski definition) is 6. The van der Waals surface area contributed by atoms with Crippen molar-refractivity contribution in [1.82, 2.24) is 0 Å². The van der Waals surface area contributed by atoms with Gasteiger partial charge in [-0.05, 0) is 35.7 Å². The molecule has 0 fully saturated rings. The van der Waals surface area contributed by atoms with Gasteiger partial charge in [-0.3, -0.25) is 0 Å². The van der Waals surface area contributed by atoms with E-state index in [9.17, 15) is 18.0 Å². The molecule has 4 aromatic carbocycles. The highest BCUT2D eigenvalue weighted by Crippen LogP contribution is 2.28. The molecule has 0 aromatic heterocycles. The predicted molar refractivity (Wildman–Crippen MR) is 129 cm³/mol. The largest absolute Gasteiger partial charge is 0.465 e. The van der Waals surface area contributed by atoms with Crippen LogP contribution in [0.5, 0.6) is 5.75 Å². The van der Waals surface area contributed by atoms with Crippen molar-refractivity contribution < 1.29 is 26.9 Å². The topological polar surface area (TPSA) is 111 Å². The first kappa shape index (κ1) is 22.8. The van der Waals surface area contributed by atoms with Crippen LogP contribution in [0.3, 0.4) is 0 Å². The van der Waals surface area contributed by atoms with Crippen LogP contribution in [0.2, 0.25) is 0 Å². The van der Waals surface area contributed by atoms with E-state index in [0.717, 1.165) is 10.8 Å². The van der Waals surface area contributed by atoms with Crippen LogP contribution in [0.25, 0.3) is 10.8 Å². The average Bonchev–Trinajstić information content (AvgIpc) is 2.84. The molecule has 0 radical (unpaired) electrons. The molecule has 0 unspecified atom stereocenters. The Morgan fingerprint density at radius 3 is 2.26 bits per heavy atom. The summed E-state index contributed by atoms with van der Waals surface area (Å²) in [6.45, 7) is 0. The van der Waals surface area contributed by atoms with E-state index < -0.39 is 22.1 Å². The summed E-state index contributed by atoms with van der Waals surface area (Å²) < 4.78 is 35.3. The molecule has 0 spiro atoms. The maximum atomic E-state index is 12.7. The van der Waals surface area contributed by atoms with Crippen LogP contribution >= 0.6 is 0 Å². The molecule has 0 aliphatic carbocycles. The number of amides is 2. The lowest BCUT2D eigenvalue weighted by Gasteiger charge is -2.14. The summed E-state index contributed by atoms with van der Waals surface area (Å²) >= 11 is 0. The van der Waals surface area contributed by atoms with Crippen molar-refractivity contribution in [1.29, 1.82) is 0 Å². The molecular formula is C25H20N2O6S. The number of fused-ring (bicyclic) bond motifs is 1. The maximum absolute atomic E-state index is 12.7. The van der Waals surface area contributed by atoms with E-state index in [4.69, 9.17) is 8.92 Å². The maximum Gasteiger partial charge on any atom is 0.341 e. The number of esters is 1. The molecule has 0 aliphatic rings. The van der Waals surface area contributed by atoms with Gasteiger partial charge in [0.2, 0.25) is 0 Å². The van der Waals surface area contributed by atoms with Crippen molar-refractivity contribution in [3.8, 4) is 5.75 Å². The fraction of sp³-hybridized carbons (Fsp3) is 0.0400. The van der Waals surface area contributed by atoms with Gasteiger partial charge in [-0.15, -0.1) is 0 Å². The van der Waals surface area contributed by atoms with Gasteiger partial charge in [0.1, 0.15) is 10.5 Å². The zero-order valence-electron chi connectivity index (χ0n) is 18.0. The molecular weight excluding hydrogens is 456 g/mol. The Morgan fingerprint density at radius 2 is 1.50 bits per heavy atom. The van der Waals surface area contributed by atoms with Crippen LogP contribution in [-0.4, -0.2) is 27.5 Å². The second-order valence-corrected chi connectivity index (χ2v) is 8.71. The van der Waals surface area contributed by atoms with Gasteiger partial charge in [-0.1, -0.05) is 54.6 Å². The number of methoxy groups -OCH3 is 1. The van der Waals surface area contributed by atoms with Crippen LogP contribution < -0.4 is 14.8 Å². The van der Waals surface area contributed by atoms with Crippen molar-refractivity contribution in [3.63, 3.8) is 0 Å². The van der Waals surface area contributed by atoms with Crippen LogP contribution in [-0.2, 0) is 14.9 Å². The van der Waals surface area contributed by atoms with Crippen molar-refractivity contribution in [2.24, 2.45) is 0 Å². The van der Waals surface area contributed by atoms with E-state index in [1.807, 2.05) is 36.4 Å². The van der Waals surface area contributed by atoms with Crippen LogP contribution in [0, 0.1) is 0 Å². The monoisotopic (exact) mass is 476 g/mol. The van der Waals surface area contributed by atoms with Gasteiger partial charge in [0.15, 0.2) is 5.75 Å². The molecule has 34 heavy (non-hydrogen) atoms. The number of carbonyl (C=O) groups is 2. The molecule has 0 saturated heterocycles. The lowest BCUT2D eigenvalue weighted by molar-refractivity contribution is 0.0599. The zero-order valence-corrected chi connectivity index (χ0v) is 18.8. The van der Waals surface area contributed by atoms with Crippen LogP contribution in [0.15, 0.2) is 95.9 Å². The Kier molecular flexibility index (Phi) is 6.46. The standard InChI is InChI=1S/C25H20N2O6S/c1-32-24(28)21-15-14-18(16-23(21)33-34(30,31)19-10-3-2-4-11-19)26-25(29)27-22-13-7-9-17-8-5-6-12-20(17)22/h2-16H,1H3,(H2,26,27,29). The minimum absolute atomic E-state index is 0.0853. The smallest absolute Gasteiger partial charge is 0.341 e. The van der Waals surface area contributed by atoms with Crippen molar-refractivity contribution >= 4 is 44.3 Å². The highest BCUT2D eigenvalue weighted by atomic mass is 32.2. The van der Waals surface area contributed by atoms with E-state index in [1.165, 1.54) is 37.4 Å². The summed E-state index contributed by atoms with van der Waals surface area (Å²) in [5.74, 6) is -1.07. The number of anilines is 2. The zero-order chi connectivity index (χ0) is 24.1. The van der Waals surface area contributed by atoms with Gasteiger partial charge in [0.25, 0.3) is 0 Å². The predicted octanol–water partition coefficient (Wildman–Crippen LogP) is 5.04. The Morgan fingerprint density at radius 1 is 0.794 bits per heavy atom. The second kappa shape index (κ2) is 9.63. The molecule has 0 saturated carbocycles. The third-order valence-corrected chi connectivity index (χ3v) is 6.16. The van der Waals surface area contributed by atoms with E-state index in [0.29, 0.717) is 5.69 Å². The fourth-order valence-corrected chi connectivity index (χ4v) is 4.28. The fourth-order valence-electron chi connectivity index (χ4n) is 3.32. The molecule has 0 aliphatic heterocycles. The summed E-state index contributed by atoms with van der Waals surface area (Å²) in [6, 6.07) is 24.1. The normalized spacial score (nSPS) is 11.0. The number of benzene rings is 4. The van der Waals surface area contributed by atoms with Gasteiger partial charge in [0.05, 0.1) is 12.8 Å². The number of urea groups is 1. The lowest BCUT2D eigenvalue weighted by atomic mass is 10.1. The molecule has 2 N–H and O–H groups in total. The summed E-state index contributed by atoms with van der Waals surface area (Å²) in [4.78, 5) is 24.7. The molecule has 0 heterocycles. The molecule has 0 atom stereocenters. The van der Waals surface area contributed by atoms with Gasteiger partial charge in [-0.25, -0.2) is 9.59 Å². The quantitative estimate of drug-likeness (QED) is 0.298. The minimum atomic E-state index is -4.23. The van der Waals surface area contributed by atoms with Gasteiger partial charge in [-0.2, -0.15) is 8.42 Å². The average molecular weight is 477 g/mol. The number of carbonyl (C=O) groups excluding carboxylic acids is 2. The van der Waals surface area contributed by atoms with Gasteiger partial charge < -0.3 is 19.6 Å². The molecule has 4 rings (SSSR count).